The van der Waals surface area contributed by atoms with Crippen molar-refractivity contribution in [2.75, 3.05) is 0 Å². The Morgan fingerprint density at radius 1 is 0.583 bits per heavy atom. The average Bonchev–Trinajstić information content (AvgIpc) is 2.62. The van der Waals surface area contributed by atoms with E-state index >= 15 is 0 Å². The van der Waals surface area contributed by atoms with E-state index in [-0.39, 0.29) is 5.75 Å². The molecule has 3 aromatic rings. The zero-order chi connectivity index (χ0) is 17.1. The topological polar surface area (TPSA) is 38.7 Å². The number of phenols is 1. The molecular formula is C21H20O3. The zero-order valence-electron chi connectivity index (χ0n) is 14.0. The summed E-state index contributed by atoms with van der Waals surface area (Å²) >= 11 is 0. The highest BCUT2D eigenvalue weighted by atomic mass is 16.5. The van der Waals surface area contributed by atoms with Gasteiger partial charge in [-0.2, -0.15) is 0 Å². The highest BCUT2D eigenvalue weighted by Gasteiger charge is 2.20. The lowest BCUT2D eigenvalue weighted by Crippen LogP contribution is -1.98. The molecule has 0 aliphatic rings. The van der Waals surface area contributed by atoms with Crippen LogP contribution in [0.5, 0.6) is 28.7 Å². The van der Waals surface area contributed by atoms with E-state index in [0.29, 0.717) is 22.6 Å². The summed E-state index contributed by atoms with van der Waals surface area (Å²) in [5, 5.41) is 10.5. The molecule has 0 heterocycles. The summed E-state index contributed by atoms with van der Waals surface area (Å²) < 4.78 is 12.0. The van der Waals surface area contributed by atoms with Gasteiger partial charge in [0.25, 0.3) is 0 Å². The SMILES string of the molecule is Cc1c(O)c(C)c(Oc2ccccc2)c(C)c1Oc1ccccc1. The number of ether oxygens (including phenoxy) is 2. The second kappa shape index (κ2) is 6.67. The molecule has 0 aliphatic heterocycles. The number of benzene rings is 3. The number of rotatable bonds is 4. The molecule has 3 heteroatoms. The second-order valence-corrected chi connectivity index (χ2v) is 5.71. The second-order valence-electron chi connectivity index (χ2n) is 5.71. The number of para-hydroxylation sites is 2. The minimum Gasteiger partial charge on any atom is -0.507 e. The molecule has 0 bridgehead atoms. The van der Waals surface area contributed by atoms with Gasteiger partial charge in [0.1, 0.15) is 28.7 Å². The first-order valence-electron chi connectivity index (χ1n) is 7.86. The van der Waals surface area contributed by atoms with Crippen LogP contribution in [0.4, 0.5) is 0 Å². The minimum absolute atomic E-state index is 0.192. The van der Waals surface area contributed by atoms with Crippen molar-refractivity contribution in [1.29, 1.82) is 0 Å². The van der Waals surface area contributed by atoms with E-state index in [1.54, 1.807) is 0 Å². The number of phenolic OH excluding ortho intramolecular Hbond substituents is 1. The fourth-order valence-corrected chi connectivity index (χ4v) is 2.68. The molecule has 122 valence electrons. The van der Waals surface area contributed by atoms with E-state index in [4.69, 9.17) is 9.47 Å². The van der Waals surface area contributed by atoms with Crippen molar-refractivity contribution in [3.8, 4) is 28.7 Å². The van der Waals surface area contributed by atoms with Crippen LogP contribution >= 0.6 is 0 Å². The van der Waals surface area contributed by atoms with Gasteiger partial charge in [-0.05, 0) is 45.0 Å². The lowest BCUT2D eigenvalue weighted by Gasteiger charge is -2.19. The zero-order valence-corrected chi connectivity index (χ0v) is 14.0. The molecule has 0 unspecified atom stereocenters. The van der Waals surface area contributed by atoms with Gasteiger partial charge in [-0.1, -0.05) is 36.4 Å². The van der Waals surface area contributed by atoms with Crippen LogP contribution in [0, 0.1) is 20.8 Å². The van der Waals surface area contributed by atoms with Gasteiger partial charge in [-0.25, -0.2) is 0 Å². The molecular weight excluding hydrogens is 300 g/mol. The van der Waals surface area contributed by atoms with Gasteiger partial charge in [-0.3, -0.25) is 0 Å². The van der Waals surface area contributed by atoms with E-state index in [1.165, 1.54) is 0 Å². The number of hydrogen-bond acceptors (Lipinski definition) is 3. The number of hydrogen-bond donors (Lipinski definition) is 1. The summed E-state index contributed by atoms with van der Waals surface area (Å²) in [5.74, 6) is 2.87. The summed E-state index contributed by atoms with van der Waals surface area (Å²) in [6.07, 6.45) is 0. The summed E-state index contributed by atoms with van der Waals surface area (Å²) in [4.78, 5) is 0. The van der Waals surface area contributed by atoms with E-state index in [2.05, 4.69) is 0 Å². The van der Waals surface area contributed by atoms with Crippen molar-refractivity contribution in [1.82, 2.24) is 0 Å². The smallest absolute Gasteiger partial charge is 0.140 e. The molecule has 0 saturated carbocycles. The Morgan fingerprint density at radius 2 is 0.958 bits per heavy atom. The molecule has 0 fully saturated rings. The van der Waals surface area contributed by atoms with E-state index in [9.17, 15) is 5.11 Å². The molecule has 0 aromatic heterocycles. The Balaban J connectivity index is 2.06. The maximum Gasteiger partial charge on any atom is 0.140 e. The van der Waals surface area contributed by atoms with Gasteiger partial charge in [0.15, 0.2) is 0 Å². The van der Waals surface area contributed by atoms with Crippen molar-refractivity contribution >= 4 is 0 Å². The van der Waals surface area contributed by atoms with Crippen molar-refractivity contribution in [2.24, 2.45) is 0 Å². The van der Waals surface area contributed by atoms with Crippen LogP contribution in [0.25, 0.3) is 0 Å². The summed E-state index contributed by atoms with van der Waals surface area (Å²) in [6, 6.07) is 19.0. The molecule has 3 rings (SSSR count). The minimum atomic E-state index is 0.192. The van der Waals surface area contributed by atoms with Crippen LogP contribution in [0.1, 0.15) is 16.7 Å². The van der Waals surface area contributed by atoms with Crippen molar-refractivity contribution in [3.05, 3.63) is 77.4 Å². The third-order valence-corrected chi connectivity index (χ3v) is 4.00. The summed E-state index contributed by atoms with van der Waals surface area (Å²) in [5.41, 5.74) is 2.26. The quantitative estimate of drug-likeness (QED) is 0.650. The van der Waals surface area contributed by atoms with Gasteiger partial charge in [0, 0.05) is 16.7 Å². The Kier molecular flexibility index (Phi) is 4.43. The normalized spacial score (nSPS) is 10.5. The van der Waals surface area contributed by atoms with Crippen LogP contribution in [-0.2, 0) is 0 Å². The molecule has 0 saturated heterocycles. The largest absolute Gasteiger partial charge is 0.507 e. The summed E-state index contributed by atoms with van der Waals surface area (Å²) in [6.45, 7) is 5.63. The monoisotopic (exact) mass is 320 g/mol. The van der Waals surface area contributed by atoms with Crippen LogP contribution in [0.3, 0.4) is 0 Å². The van der Waals surface area contributed by atoms with E-state index in [1.807, 2.05) is 81.4 Å². The average molecular weight is 320 g/mol. The molecule has 0 spiro atoms. The number of aromatic hydroxyl groups is 1. The van der Waals surface area contributed by atoms with Crippen molar-refractivity contribution < 1.29 is 14.6 Å². The molecule has 1 N–H and O–H groups in total. The molecule has 3 aromatic carbocycles. The first kappa shape index (κ1) is 15.9. The van der Waals surface area contributed by atoms with Crippen molar-refractivity contribution in [3.63, 3.8) is 0 Å². The van der Waals surface area contributed by atoms with Gasteiger partial charge in [0.2, 0.25) is 0 Å². The van der Waals surface area contributed by atoms with Crippen LogP contribution < -0.4 is 9.47 Å². The third kappa shape index (κ3) is 3.06. The highest BCUT2D eigenvalue weighted by molar-refractivity contribution is 5.62. The van der Waals surface area contributed by atoms with Gasteiger partial charge < -0.3 is 14.6 Å². The molecule has 0 radical (unpaired) electrons. The lowest BCUT2D eigenvalue weighted by atomic mass is 10.0. The van der Waals surface area contributed by atoms with Crippen LogP contribution in [0.2, 0.25) is 0 Å². The molecule has 0 amide bonds. The maximum atomic E-state index is 10.5. The Bertz CT molecular complexity index is 771. The molecule has 0 atom stereocenters. The lowest BCUT2D eigenvalue weighted by molar-refractivity contribution is 0.421. The standard InChI is InChI=1S/C21H20O3/c1-14-19(22)15(2)21(24-18-12-8-5-9-13-18)16(3)20(14)23-17-10-6-4-7-11-17/h4-13,22H,1-3H3. The first-order chi connectivity index (χ1) is 11.6. The third-order valence-electron chi connectivity index (χ3n) is 4.00. The Morgan fingerprint density at radius 3 is 1.33 bits per heavy atom. The first-order valence-corrected chi connectivity index (χ1v) is 7.86. The Hall–Kier alpha value is -2.94. The van der Waals surface area contributed by atoms with Gasteiger partial charge in [-0.15, -0.1) is 0 Å². The molecule has 3 nitrogen and oxygen atoms in total. The van der Waals surface area contributed by atoms with Gasteiger partial charge in [0.05, 0.1) is 0 Å². The predicted octanol–water partition coefficient (Wildman–Crippen LogP) is 5.90. The van der Waals surface area contributed by atoms with E-state index < -0.39 is 0 Å². The molecule has 24 heavy (non-hydrogen) atoms. The fraction of sp³-hybridized carbons (Fsp3) is 0.143. The Labute approximate surface area is 142 Å². The van der Waals surface area contributed by atoms with Crippen LogP contribution in [0.15, 0.2) is 60.7 Å². The van der Waals surface area contributed by atoms with Gasteiger partial charge >= 0.3 is 0 Å². The predicted molar refractivity (Wildman–Crippen MR) is 95.3 cm³/mol. The van der Waals surface area contributed by atoms with E-state index in [0.717, 1.165) is 17.1 Å². The van der Waals surface area contributed by atoms with Crippen LogP contribution in [-0.4, -0.2) is 5.11 Å². The summed E-state index contributed by atoms with van der Waals surface area (Å²) in [7, 11) is 0. The fourth-order valence-electron chi connectivity index (χ4n) is 2.68. The maximum absolute atomic E-state index is 10.5. The molecule has 0 aliphatic carbocycles. The van der Waals surface area contributed by atoms with Crippen molar-refractivity contribution in [2.45, 2.75) is 20.8 Å². The highest BCUT2D eigenvalue weighted by Crippen LogP contribution is 2.44.